The van der Waals surface area contributed by atoms with Gasteiger partial charge in [0.15, 0.2) is 0 Å². The molecule has 0 aliphatic rings. The highest BCUT2D eigenvalue weighted by molar-refractivity contribution is 5.22. The zero-order valence-corrected chi connectivity index (χ0v) is 8.66. The van der Waals surface area contributed by atoms with E-state index in [4.69, 9.17) is 4.74 Å². The summed E-state index contributed by atoms with van der Waals surface area (Å²) in [4.78, 5) is 8.61. The number of hydrogen-bond donors (Lipinski definition) is 0. The molecule has 3 nitrogen and oxygen atoms in total. The molecule has 13 heavy (non-hydrogen) atoms. The predicted octanol–water partition coefficient (Wildman–Crippen LogP) is 2.31. The van der Waals surface area contributed by atoms with Crippen LogP contribution >= 0.6 is 0 Å². The van der Waals surface area contributed by atoms with Gasteiger partial charge in [-0.05, 0) is 13.3 Å². The van der Waals surface area contributed by atoms with Crippen LogP contribution in [0.5, 0.6) is 5.88 Å². The van der Waals surface area contributed by atoms with Crippen LogP contribution in [0.25, 0.3) is 0 Å². The van der Waals surface area contributed by atoms with Gasteiger partial charge >= 0.3 is 0 Å². The van der Waals surface area contributed by atoms with Gasteiger partial charge in [-0.3, -0.25) is 4.98 Å². The summed E-state index contributed by atoms with van der Waals surface area (Å²) in [5.41, 5.74) is 1.90. The quantitative estimate of drug-likeness (QED) is 0.716. The Morgan fingerprint density at radius 1 is 1.54 bits per heavy atom. The van der Waals surface area contributed by atoms with E-state index >= 15 is 0 Å². The normalized spacial score (nSPS) is 12.6. The van der Waals surface area contributed by atoms with Crippen molar-refractivity contribution in [1.82, 2.24) is 9.97 Å². The Labute approximate surface area is 79.2 Å². The van der Waals surface area contributed by atoms with Crippen molar-refractivity contribution in [3.63, 3.8) is 0 Å². The second-order valence-electron chi connectivity index (χ2n) is 3.22. The van der Waals surface area contributed by atoms with Crippen LogP contribution < -0.4 is 4.74 Å². The van der Waals surface area contributed by atoms with Crippen molar-refractivity contribution in [2.24, 2.45) is 0 Å². The molecule has 0 fully saturated rings. The minimum Gasteiger partial charge on any atom is -0.480 e. The monoisotopic (exact) mass is 180 g/mol. The number of aromatic nitrogens is 2. The predicted molar refractivity (Wildman–Crippen MR) is 52.0 cm³/mol. The molecule has 1 atom stereocenters. The van der Waals surface area contributed by atoms with Gasteiger partial charge < -0.3 is 4.74 Å². The van der Waals surface area contributed by atoms with Crippen molar-refractivity contribution >= 4 is 0 Å². The Hall–Kier alpha value is -1.12. The van der Waals surface area contributed by atoms with Crippen LogP contribution in [-0.2, 0) is 0 Å². The molecular weight excluding hydrogens is 164 g/mol. The molecule has 1 aromatic heterocycles. The van der Waals surface area contributed by atoms with E-state index in [1.165, 1.54) is 0 Å². The third-order valence-electron chi connectivity index (χ3n) is 2.16. The maximum absolute atomic E-state index is 5.15. The molecule has 1 unspecified atom stereocenters. The molecule has 1 aromatic rings. The molecule has 0 bridgehead atoms. The van der Waals surface area contributed by atoms with Gasteiger partial charge in [0.1, 0.15) is 5.69 Å². The molecule has 0 aromatic carbocycles. The molecular formula is C10H16N2O. The first-order valence-electron chi connectivity index (χ1n) is 4.56. The molecule has 0 aliphatic carbocycles. The van der Waals surface area contributed by atoms with Gasteiger partial charge in [-0.15, -0.1) is 0 Å². The van der Waals surface area contributed by atoms with Crippen LogP contribution in [0.15, 0.2) is 6.20 Å². The van der Waals surface area contributed by atoms with Gasteiger partial charge in [0.25, 0.3) is 0 Å². The summed E-state index contributed by atoms with van der Waals surface area (Å²) in [5, 5.41) is 0. The summed E-state index contributed by atoms with van der Waals surface area (Å²) in [7, 11) is 1.63. The topological polar surface area (TPSA) is 35.0 Å². The van der Waals surface area contributed by atoms with Gasteiger partial charge in [-0.25, -0.2) is 4.98 Å². The molecule has 1 heterocycles. The highest BCUT2D eigenvalue weighted by Crippen LogP contribution is 2.24. The van der Waals surface area contributed by atoms with E-state index in [9.17, 15) is 0 Å². The molecule has 3 heteroatoms. The standard InChI is InChI=1S/C10H16N2O/c1-5-7(2)9-10(13-4)11-6-8(3)12-9/h6-7H,5H2,1-4H3. The number of methoxy groups -OCH3 is 1. The largest absolute Gasteiger partial charge is 0.480 e. The van der Waals surface area contributed by atoms with Crippen LogP contribution in [0.4, 0.5) is 0 Å². The van der Waals surface area contributed by atoms with Gasteiger partial charge in [-0.1, -0.05) is 13.8 Å². The SMILES string of the molecule is CCC(C)c1nc(C)cnc1OC. The average molecular weight is 180 g/mol. The van der Waals surface area contributed by atoms with E-state index in [2.05, 4.69) is 23.8 Å². The molecule has 1 rings (SSSR count). The summed E-state index contributed by atoms with van der Waals surface area (Å²) < 4.78 is 5.15. The molecule has 0 saturated carbocycles. The van der Waals surface area contributed by atoms with Crippen LogP contribution in [0.3, 0.4) is 0 Å². The lowest BCUT2D eigenvalue weighted by Gasteiger charge is -2.11. The van der Waals surface area contributed by atoms with E-state index in [-0.39, 0.29) is 0 Å². The minimum absolute atomic E-state index is 0.405. The fourth-order valence-corrected chi connectivity index (χ4v) is 1.16. The maximum atomic E-state index is 5.15. The lowest BCUT2D eigenvalue weighted by Crippen LogP contribution is -2.03. The Morgan fingerprint density at radius 2 is 2.23 bits per heavy atom. The Balaban J connectivity index is 3.07. The van der Waals surface area contributed by atoms with Crippen molar-refractivity contribution < 1.29 is 4.74 Å². The molecule has 0 N–H and O–H groups in total. The summed E-state index contributed by atoms with van der Waals surface area (Å²) in [6.45, 7) is 6.21. The first-order chi connectivity index (χ1) is 6.19. The maximum Gasteiger partial charge on any atom is 0.235 e. The number of aryl methyl sites for hydroxylation is 1. The van der Waals surface area contributed by atoms with Gasteiger partial charge in [-0.2, -0.15) is 0 Å². The third kappa shape index (κ3) is 2.17. The molecule has 0 radical (unpaired) electrons. The third-order valence-corrected chi connectivity index (χ3v) is 2.16. The van der Waals surface area contributed by atoms with Gasteiger partial charge in [0, 0.05) is 5.92 Å². The highest BCUT2D eigenvalue weighted by Gasteiger charge is 2.12. The van der Waals surface area contributed by atoms with Crippen molar-refractivity contribution in [2.75, 3.05) is 7.11 Å². The first-order valence-corrected chi connectivity index (χ1v) is 4.56. The number of hydrogen-bond acceptors (Lipinski definition) is 3. The van der Waals surface area contributed by atoms with Crippen molar-refractivity contribution in [1.29, 1.82) is 0 Å². The zero-order valence-electron chi connectivity index (χ0n) is 8.66. The number of nitrogens with zero attached hydrogens (tertiary/aromatic N) is 2. The lowest BCUT2D eigenvalue weighted by atomic mass is 10.1. The Morgan fingerprint density at radius 3 is 2.77 bits per heavy atom. The second kappa shape index (κ2) is 4.21. The smallest absolute Gasteiger partial charge is 0.235 e. The molecule has 0 saturated heterocycles. The van der Waals surface area contributed by atoms with Crippen molar-refractivity contribution in [2.45, 2.75) is 33.1 Å². The van der Waals surface area contributed by atoms with Gasteiger partial charge in [0.2, 0.25) is 5.88 Å². The zero-order chi connectivity index (χ0) is 9.84. The lowest BCUT2D eigenvalue weighted by molar-refractivity contribution is 0.384. The highest BCUT2D eigenvalue weighted by atomic mass is 16.5. The van der Waals surface area contributed by atoms with Crippen molar-refractivity contribution in [3.05, 3.63) is 17.6 Å². The number of rotatable bonds is 3. The summed E-state index contributed by atoms with van der Waals surface area (Å²) in [5.74, 6) is 1.06. The fourth-order valence-electron chi connectivity index (χ4n) is 1.16. The van der Waals surface area contributed by atoms with Gasteiger partial charge in [0.05, 0.1) is 19.0 Å². The van der Waals surface area contributed by atoms with E-state index in [1.807, 2.05) is 6.92 Å². The second-order valence-corrected chi connectivity index (χ2v) is 3.22. The summed E-state index contributed by atoms with van der Waals surface area (Å²) in [6.07, 6.45) is 2.78. The average Bonchev–Trinajstić information content (AvgIpc) is 2.16. The summed E-state index contributed by atoms with van der Waals surface area (Å²) >= 11 is 0. The Kier molecular flexibility index (Phi) is 3.23. The Bertz CT molecular complexity index is 286. The van der Waals surface area contributed by atoms with Crippen LogP contribution in [-0.4, -0.2) is 17.1 Å². The van der Waals surface area contributed by atoms with E-state index in [1.54, 1.807) is 13.3 Å². The van der Waals surface area contributed by atoms with Crippen LogP contribution in [0.1, 0.15) is 37.6 Å². The van der Waals surface area contributed by atoms with E-state index < -0.39 is 0 Å². The van der Waals surface area contributed by atoms with E-state index in [0.717, 1.165) is 17.8 Å². The molecule has 72 valence electrons. The van der Waals surface area contributed by atoms with Crippen LogP contribution in [0.2, 0.25) is 0 Å². The van der Waals surface area contributed by atoms with Crippen molar-refractivity contribution in [3.8, 4) is 5.88 Å². The van der Waals surface area contributed by atoms with E-state index in [0.29, 0.717) is 11.8 Å². The molecule has 0 aliphatic heterocycles. The summed E-state index contributed by atoms with van der Waals surface area (Å²) in [6, 6.07) is 0. The minimum atomic E-state index is 0.405. The molecule has 0 amide bonds. The fraction of sp³-hybridized carbons (Fsp3) is 0.600. The first kappa shape index (κ1) is 9.96. The molecule has 0 spiro atoms. The number of ether oxygens (including phenoxy) is 1. The van der Waals surface area contributed by atoms with Crippen LogP contribution in [0, 0.1) is 6.92 Å².